The summed E-state index contributed by atoms with van der Waals surface area (Å²) in [6.07, 6.45) is 0.152. The molecule has 0 radical (unpaired) electrons. The number of benzene rings is 2. The summed E-state index contributed by atoms with van der Waals surface area (Å²) in [5.74, 6) is -1.27. The smallest absolute Gasteiger partial charge is 0.269 e. The summed E-state index contributed by atoms with van der Waals surface area (Å²) >= 11 is 0. The highest BCUT2D eigenvalue weighted by atomic mass is 16.2. The first-order chi connectivity index (χ1) is 12.5. The molecule has 0 saturated carbocycles. The number of carbonyl (C=O) groups excluding carboxylic acids is 3. The fourth-order valence-corrected chi connectivity index (χ4v) is 2.90. The molecule has 0 aliphatic carbocycles. The van der Waals surface area contributed by atoms with Gasteiger partial charge in [0.1, 0.15) is 0 Å². The predicted octanol–water partition coefficient (Wildman–Crippen LogP) is 1.80. The monoisotopic (exact) mass is 351 g/mol. The SMILES string of the molecule is Cc1ccc(CN2CC(C(=O)NNC(=O)c3ccccc3)CC2=O)cc1. The topological polar surface area (TPSA) is 78.5 Å². The van der Waals surface area contributed by atoms with Crippen LogP contribution in [0.3, 0.4) is 0 Å². The summed E-state index contributed by atoms with van der Waals surface area (Å²) in [4.78, 5) is 38.1. The average molecular weight is 351 g/mol. The molecule has 2 N–H and O–H groups in total. The van der Waals surface area contributed by atoms with Crippen LogP contribution in [-0.2, 0) is 16.1 Å². The Balaban J connectivity index is 1.52. The molecule has 3 rings (SSSR count). The zero-order valence-corrected chi connectivity index (χ0v) is 14.6. The molecule has 0 bridgehead atoms. The molecule has 2 aromatic carbocycles. The molecule has 6 heteroatoms. The van der Waals surface area contributed by atoms with Crippen LogP contribution in [0.4, 0.5) is 0 Å². The van der Waals surface area contributed by atoms with Crippen LogP contribution in [0.15, 0.2) is 54.6 Å². The number of hydrogen-bond acceptors (Lipinski definition) is 3. The molecule has 6 nitrogen and oxygen atoms in total. The molecular formula is C20H21N3O3. The Morgan fingerprint density at radius 2 is 1.73 bits per heavy atom. The highest BCUT2D eigenvalue weighted by Gasteiger charge is 2.34. The highest BCUT2D eigenvalue weighted by Crippen LogP contribution is 2.20. The number of aryl methyl sites for hydroxylation is 1. The van der Waals surface area contributed by atoms with Crippen molar-refractivity contribution in [3.05, 3.63) is 71.3 Å². The molecule has 1 atom stereocenters. The van der Waals surface area contributed by atoms with E-state index in [9.17, 15) is 14.4 Å². The van der Waals surface area contributed by atoms with E-state index in [1.54, 1.807) is 29.2 Å². The summed E-state index contributed by atoms with van der Waals surface area (Å²) in [5.41, 5.74) is 7.46. The van der Waals surface area contributed by atoms with Gasteiger partial charge in [-0.15, -0.1) is 0 Å². The maximum Gasteiger partial charge on any atom is 0.269 e. The predicted molar refractivity (Wildman–Crippen MR) is 96.8 cm³/mol. The van der Waals surface area contributed by atoms with Gasteiger partial charge in [0.15, 0.2) is 0 Å². The summed E-state index contributed by atoms with van der Waals surface area (Å²) in [7, 11) is 0. The number of amides is 3. The van der Waals surface area contributed by atoms with Crippen LogP contribution in [0.1, 0.15) is 27.9 Å². The van der Waals surface area contributed by atoms with Crippen molar-refractivity contribution in [2.24, 2.45) is 5.92 Å². The van der Waals surface area contributed by atoms with Crippen LogP contribution >= 0.6 is 0 Å². The van der Waals surface area contributed by atoms with Crippen LogP contribution in [-0.4, -0.2) is 29.2 Å². The maximum atomic E-state index is 12.3. The third-order valence-electron chi connectivity index (χ3n) is 4.41. The summed E-state index contributed by atoms with van der Waals surface area (Å²) in [6, 6.07) is 16.6. The van der Waals surface area contributed by atoms with Crippen molar-refractivity contribution in [3.8, 4) is 0 Å². The summed E-state index contributed by atoms with van der Waals surface area (Å²) in [6.45, 7) is 2.84. The van der Waals surface area contributed by atoms with Crippen molar-refractivity contribution in [2.45, 2.75) is 19.9 Å². The van der Waals surface area contributed by atoms with Crippen molar-refractivity contribution in [2.75, 3.05) is 6.54 Å². The van der Waals surface area contributed by atoms with Crippen LogP contribution in [0.2, 0.25) is 0 Å². The summed E-state index contributed by atoms with van der Waals surface area (Å²) in [5, 5.41) is 0. The Labute approximate surface area is 152 Å². The largest absolute Gasteiger partial charge is 0.338 e. The lowest BCUT2D eigenvalue weighted by Crippen LogP contribution is -2.45. The first kappa shape index (κ1) is 17.7. The van der Waals surface area contributed by atoms with Crippen LogP contribution in [0.5, 0.6) is 0 Å². The van der Waals surface area contributed by atoms with Crippen LogP contribution in [0.25, 0.3) is 0 Å². The van der Waals surface area contributed by atoms with Gasteiger partial charge >= 0.3 is 0 Å². The first-order valence-corrected chi connectivity index (χ1v) is 8.51. The van der Waals surface area contributed by atoms with Gasteiger partial charge in [0.05, 0.1) is 5.92 Å². The minimum absolute atomic E-state index is 0.0555. The molecule has 134 valence electrons. The van der Waals surface area contributed by atoms with Gasteiger partial charge < -0.3 is 4.90 Å². The Bertz CT molecular complexity index is 803. The molecule has 1 fully saturated rings. The van der Waals surface area contributed by atoms with E-state index in [4.69, 9.17) is 0 Å². The van der Waals surface area contributed by atoms with Gasteiger partial charge in [-0.25, -0.2) is 0 Å². The van der Waals surface area contributed by atoms with E-state index in [0.29, 0.717) is 18.7 Å². The van der Waals surface area contributed by atoms with E-state index < -0.39 is 5.92 Å². The van der Waals surface area contributed by atoms with Crippen LogP contribution < -0.4 is 10.9 Å². The maximum absolute atomic E-state index is 12.3. The van der Waals surface area contributed by atoms with Gasteiger partial charge in [-0.3, -0.25) is 25.2 Å². The third-order valence-corrected chi connectivity index (χ3v) is 4.41. The van der Waals surface area contributed by atoms with Gasteiger partial charge in [0.2, 0.25) is 11.8 Å². The normalized spacial score (nSPS) is 16.4. The van der Waals surface area contributed by atoms with E-state index in [0.717, 1.165) is 11.1 Å². The van der Waals surface area contributed by atoms with Crippen molar-refractivity contribution in [1.82, 2.24) is 15.8 Å². The third kappa shape index (κ3) is 4.27. The fraction of sp³-hybridized carbons (Fsp3) is 0.250. The molecule has 1 aliphatic rings. The molecule has 26 heavy (non-hydrogen) atoms. The minimum Gasteiger partial charge on any atom is -0.338 e. The van der Waals surface area contributed by atoms with Crippen molar-refractivity contribution in [3.63, 3.8) is 0 Å². The number of hydrazine groups is 1. The van der Waals surface area contributed by atoms with E-state index >= 15 is 0 Å². The molecule has 0 aromatic heterocycles. The molecule has 2 aromatic rings. The van der Waals surface area contributed by atoms with Gasteiger partial charge in [0, 0.05) is 25.1 Å². The van der Waals surface area contributed by atoms with Crippen LogP contribution in [0, 0.1) is 12.8 Å². The molecule has 3 amide bonds. The average Bonchev–Trinajstić information content (AvgIpc) is 3.02. The second kappa shape index (κ2) is 7.82. The molecule has 1 heterocycles. The zero-order valence-electron chi connectivity index (χ0n) is 14.6. The van der Waals surface area contributed by atoms with Gasteiger partial charge in [0.25, 0.3) is 5.91 Å². The second-order valence-corrected chi connectivity index (χ2v) is 6.47. The van der Waals surface area contributed by atoms with E-state index in [1.807, 2.05) is 37.3 Å². The lowest BCUT2D eigenvalue weighted by atomic mass is 10.1. The lowest BCUT2D eigenvalue weighted by Gasteiger charge is -2.17. The number of nitrogens with one attached hydrogen (secondary N) is 2. The number of nitrogens with zero attached hydrogens (tertiary/aromatic N) is 1. The number of rotatable bonds is 4. The van der Waals surface area contributed by atoms with Gasteiger partial charge in [-0.05, 0) is 24.6 Å². The number of likely N-dealkylation sites (tertiary alicyclic amines) is 1. The first-order valence-electron chi connectivity index (χ1n) is 8.51. The Morgan fingerprint density at radius 3 is 2.42 bits per heavy atom. The standard InChI is InChI=1S/C20H21N3O3/c1-14-7-9-15(10-8-14)12-23-13-17(11-18(23)24)20(26)22-21-19(25)16-5-3-2-4-6-16/h2-10,17H,11-13H2,1H3,(H,21,25)(H,22,26). The minimum atomic E-state index is -0.468. The molecule has 0 spiro atoms. The zero-order chi connectivity index (χ0) is 18.5. The molecular weight excluding hydrogens is 330 g/mol. The Hall–Kier alpha value is -3.15. The highest BCUT2D eigenvalue weighted by molar-refractivity contribution is 5.96. The Kier molecular flexibility index (Phi) is 5.31. The second-order valence-electron chi connectivity index (χ2n) is 6.47. The Morgan fingerprint density at radius 1 is 1.04 bits per heavy atom. The number of hydrogen-bond donors (Lipinski definition) is 2. The van der Waals surface area contributed by atoms with E-state index in [1.165, 1.54) is 0 Å². The summed E-state index contributed by atoms with van der Waals surface area (Å²) < 4.78 is 0. The van der Waals surface area contributed by atoms with E-state index in [-0.39, 0.29) is 24.1 Å². The van der Waals surface area contributed by atoms with Crippen molar-refractivity contribution in [1.29, 1.82) is 0 Å². The van der Waals surface area contributed by atoms with E-state index in [2.05, 4.69) is 10.9 Å². The molecule has 1 aliphatic heterocycles. The lowest BCUT2D eigenvalue weighted by molar-refractivity contribution is -0.129. The van der Waals surface area contributed by atoms with Gasteiger partial charge in [-0.2, -0.15) is 0 Å². The molecule has 1 saturated heterocycles. The fourth-order valence-electron chi connectivity index (χ4n) is 2.90. The van der Waals surface area contributed by atoms with Crippen molar-refractivity contribution >= 4 is 17.7 Å². The molecule has 1 unspecified atom stereocenters. The van der Waals surface area contributed by atoms with Gasteiger partial charge in [-0.1, -0.05) is 48.0 Å². The quantitative estimate of drug-likeness (QED) is 0.825. The number of carbonyl (C=O) groups is 3. The van der Waals surface area contributed by atoms with Crippen molar-refractivity contribution < 1.29 is 14.4 Å².